The van der Waals surface area contributed by atoms with Gasteiger partial charge in [-0.15, -0.1) is 0 Å². The molecule has 1 heterocycles. The quantitative estimate of drug-likeness (QED) is 0.635. The molecule has 0 fully saturated rings. The fourth-order valence-corrected chi connectivity index (χ4v) is 3.06. The topological polar surface area (TPSA) is 55.1 Å². The summed E-state index contributed by atoms with van der Waals surface area (Å²) in [5.74, 6) is -1.11. The van der Waals surface area contributed by atoms with E-state index < -0.39 is 5.97 Å². The fraction of sp³-hybridized carbons (Fsp3) is 0. The van der Waals surface area contributed by atoms with Crippen LogP contribution in [-0.2, 0) is 0 Å². The molecule has 0 spiro atoms. The van der Waals surface area contributed by atoms with E-state index in [1.807, 2.05) is 24.3 Å². The first-order valence-corrected chi connectivity index (χ1v) is 8.05. The monoisotopic (exact) mass is 410 g/mol. The summed E-state index contributed by atoms with van der Waals surface area (Å²) in [6, 6.07) is 14.0. The molecule has 3 aromatic rings. The number of aromatic carboxylic acids is 1. The van der Waals surface area contributed by atoms with Crippen LogP contribution in [0.15, 0.2) is 53.0 Å². The van der Waals surface area contributed by atoms with Crippen LogP contribution >= 0.6 is 39.1 Å². The van der Waals surface area contributed by atoms with Gasteiger partial charge in [-0.3, -0.25) is 0 Å². The second-order valence-electron chi connectivity index (χ2n) is 4.74. The molecule has 0 saturated heterocycles. The Morgan fingerprint density at radius 3 is 2.57 bits per heavy atom. The molecule has 0 aliphatic rings. The SMILES string of the molecule is O=C(O)c1cc(-c2cccc(Br)c2)n(-c2ccc(Cl)cc2Cl)n1. The first-order chi connectivity index (χ1) is 11.0. The third-order valence-electron chi connectivity index (χ3n) is 3.19. The fourth-order valence-electron chi connectivity index (χ4n) is 2.18. The van der Waals surface area contributed by atoms with Gasteiger partial charge in [0.1, 0.15) is 0 Å². The van der Waals surface area contributed by atoms with Crippen molar-refractivity contribution in [1.82, 2.24) is 9.78 Å². The predicted octanol–water partition coefficient (Wildman–Crippen LogP) is 5.31. The highest BCUT2D eigenvalue weighted by Gasteiger charge is 2.17. The zero-order chi connectivity index (χ0) is 16.6. The van der Waals surface area contributed by atoms with E-state index in [9.17, 15) is 9.90 Å². The van der Waals surface area contributed by atoms with Crippen LogP contribution in [0.4, 0.5) is 0 Å². The molecule has 7 heteroatoms. The Hall–Kier alpha value is -1.82. The molecule has 0 unspecified atom stereocenters. The van der Waals surface area contributed by atoms with Crippen LogP contribution in [0.1, 0.15) is 10.5 Å². The summed E-state index contributed by atoms with van der Waals surface area (Å²) >= 11 is 15.6. The minimum absolute atomic E-state index is 0.0639. The van der Waals surface area contributed by atoms with E-state index in [2.05, 4.69) is 21.0 Å². The lowest BCUT2D eigenvalue weighted by atomic mass is 10.1. The normalized spacial score (nSPS) is 10.7. The van der Waals surface area contributed by atoms with Gasteiger partial charge in [-0.05, 0) is 36.4 Å². The highest BCUT2D eigenvalue weighted by atomic mass is 79.9. The van der Waals surface area contributed by atoms with Gasteiger partial charge < -0.3 is 5.11 Å². The lowest BCUT2D eigenvalue weighted by Gasteiger charge is -2.10. The molecule has 2 aromatic carbocycles. The summed E-state index contributed by atoms with van der Waals surface area (Å²) in [5, 5.41) is 14.3. The van der Waals surface area contributed by atoms with Crippen molar-refractivity contribution in [3.8, 4) is 16.9 Å². The summed E-state index contributed by atoms with van der Waals surface area (Å²) < 4.78 is 2.38. The van der Waals surface area contributed by atoms with E-state index in [-0.39, 0.29) is 5.69 Å². The zero-order valence-corrected chi connectivity index (χ0v) is 14.6. The summed E-state index contributed by atoms with van der Waals surface area (Å²) in [4.78, 5) is 11.3. The van der Waals surface area contributed by atoms with Gasteiger partial charge in [0.05, 0.1) is 16.4 Å². The average molecular weight is 412 g/mol. The summed E-state index contributed by atoms with van der Waals surface area (Å²) in [6.45, 7) is 0. The highest BCUT2D eigenvalue weighted by Crippen LogP contribution is 2.30. The van der Waals surface area contributed by atoms with Gasteiger partial charge in [0.2, 0.25) is 0 Å². The summed E-state index contributed by atoms with van der Waals surface area (Å²) in [5.41, 5.74) is 1.92. The number of hydrogen-bond donors (Lipinski definition) is 1. The number of nitrogens with zero attached hydrogens (tertiary/aromatic N) is 2. The summed E-state index contributed by atoms with van der Waals surface area (Å²) in [6.07, 6.45) is 0. The van der Waals surface area contributed by atoms with Crippen molar-refractivity contribution in [2.45, 2.75) is 0 Å². The number of benzene rings is 2. The van der Waals surface area contributed by atoms with Crippen LogP contribution in [0.5, 0.6) is 0 Å². The number of carboxylic acids is 1. The molecule has 3 rings (SSSR count). The third-order valence-corrected chi connectivity index (χ3v) is 4.22. The zero-order valence-electron chi connectivity index (χ0n) is 11.5. The van der Waals surface area contributed by atoms with Crippen LogP contribution in [0, 0.1) is 0 Å². The Kier molecular flexibility index (Phi) is 4.43. The molecule has 1 N–H and O–H groups in total. The van der Waals surface area contributed by atoms with Gasteiger partial charge in [0.25, 0.3) is 0 Å². The van der Waals surface area contributed by atoms with Crippen LogP contribution in [0.2, 0.25) is 10.0 Å². The van der Waals surface area contributed by atoms with Gasteiger partial charge in [0.15, 0.2) is 5.69 Å². The highest BCUT2D eigenvalue weighted by molar-refractivity contribution is 9.10. The molecule has 0 aliphatic heterocycles. The van der Waals surface area contributed by atoms with Crippen molar-refractivity contribution in [2.75, 3.05) is 0 Å². The number of hydrogen-bond acceptors (Lipinski definition) is 2. The van der Waals surface area contributed by atoms with E-state index >= 15 is 0 Å². The number of aromatic nitrogens is 2. The Balaban J connectivity index is 2.25. The van der Waals surface area contributed by atoms with E-state index in [4.69, 9.17) is 23.2 Å². The maximum Gasteiger partial charge on any atom is 0.356 e. The molecule has 0 amide bonds. The number of carbonyl (C=O) groups is 1. The second-order valence-corrected chi connectivity index (χ2v) is 6.50. The van der Waals surface area contributed by atoms with Crippen molar-refractivity contribution in [3.63, 3.8) is 0 Å². The molecule has 4 nitrogen and oxygen atoms in total. The van der Waals surface area contributed by atoms with E-state index in [1.54, 1.807) is 18.2 Å². The van der Waals surface area contributed by atoms with Crippen molar-refractivity contribution < 1.29 is 9.90 Å². The minimum Gasteiger partial charge on any atom is -0.476 e. The third kappa shape index (κ3) is 3.27. The maximum atomic E-state index is 11.3. The number of rotatable bonds is 3. The molecular formula is C16H9BrCl2N2O2. The van der Waals surface area contributed by atoms with Crippen molar-refractivity contribution in [2.24, 2.45) is 0 Å². The Labute approximate surface area is 150 Å². The largest absolute Gasteiger partial charge is 0.476 e. The molecular weight excluding hydrogens is 403 g/mol. The lowest BCUT2D eigenvalue weighted by molar-refractivity contribution is 0.0690. The van der Waals surface area contributed by atoms with Crippen molar-refractivity contribution >= 4 is 45.1 Å². The van der Waals surface area contributed by atoms with Gasteiger partial charge in [-0.2, -0.15) is 5.10 Å². The van der Waals surface area contributed by atoms with Crippen LogP contribution in [-0.4, -0.2) is 20.9 Å². The Morgan fingerprint density at radius 1 is 1.13 bits per heavy atom. The Morgan fingerprint density at radius 2 is 1.91 bits per heavy atom. The van der Waals surface area contributed by atoms with Crippen LogP contribution in [0.25, 0.3) is 16.9 Å². The lowest BCUT2D eigenvalue weighted by Crippen LogP contribution is -2.03. The molecule has 1 aromatic heterocycles. The van der Waals surface area contributed by atoms with Crippen molar-refractivity contribution in [1.29, 1.82) is 0 Å². The van der Waals surface area contributed by atoms with Gasteiger partial charge in [-0.25, -0.2) is 9.48 Å². The smallest absolute Gasteiger partial charge is 0.356 e. The molecule has 0 atom stereocenters. The molecule has 0 radical (unpaired) electrons. The number of halogens is 3. The predicted molar refractivity (Wildman–Crippen MR) is 93.7 cm³/mol. The van der Waals surface area contributed by atoms with Crippen molar-refractivity contribution in [3.05, 3.63) is 68.7 Å². The molecule has 0 saturated carbocycles. The van der Waals surface area contributed by atoms with Gasteiger partial charge in [0, 0.05) is 15.1 Å². The Bertz CT molecular complexity index is 909. The molecule has 23 heavy (non-hydrogen) atoms. The minimum atomic E-state index is -1.11. The maximum absolute atomic E-state index is 11.3. The first kappa shape index (κ1) is 16.1. The number of carboxylic acid groups (broad SMARTS) is 1. The van der Waals surface area contributed by atoms with Crippen LogP contribution in [0.3, 0.4) is 0 Å². The molecule has 0 aliphatic carbocycles. The van der Waals surface area contributed by atoms with E-state index in [1.165, 1.54) is 10.7 Å². The van der Waals surface area contributed by atoms with Gasteiger partial charge >= 0.3 is 5.97 Å². The van der Waals surface area contributed by atoms with E-state index in [0.717, 1.165) is 10.0 Å². The van der Waals surface area contributed by atoms with E-state index in [0.29, 0.717) is 21.4 Å². The second kappa shape index (κ2) is 6.35. The standard InChI is InChI=1S/C16H9BrCl2N2O2/c17-10-3-1-2-9(6-10)15-8-13(16(22)23)20-21(15)14-5-4-11(18)7-12(14)19/h1-8H,(H,22,23). The molecule has 0 bridgehead atoms. The first-order valence-electron chi connectivity index (χ1n) is 6.50. The molecule has 116 valence electrons. The van der Waals surface area contributed by atoms with Gasteiger partial charge in [-0.1, -0.05) is 51.3 Å². The average Bonchev–Trinajstić information content (AvgIpc) is 2.92. The van der Waals surface area contributed by atoms with Crippen LogP contribution < -0.4 is 0 Å². The summed E-state index contributed by atoms with van der Waals surface area (Å²) in [7, 11) is 0.